The molecule has 0 unspecified atom stereocenters. The molecule has 0 aliphatic carbocycles. The van der Waals surface area contributed by atoms with Crippen molar-refractivity contribution < 1.29 is 28.8 Å². The van der Waals surface area contributed by atoms with Gasteiger partial charge < -0.3 is 28.8 Å². The molecule has 36 heavy (non-hydrogen) atoms. The van der Waals surface area contributed by atoms with E-state index in [0.29, 0.717) is 19.8 Å². The van der Waals surface area contributed by atoms with Crippen LogP contribution in [0.5, 0.6) is 0 Å². The van der Waals surface area contributed by atoms with Gasteiger partial charge in [-0.3, -0.25) is 0 Å². The fraction of sp³-hybridized carbons (Fsp3) is 0.333. The Hall–Kier alpha value is -2.84. The highest BCUT2D eigenvalue weighted by Crippen LogP contribution is 2.29. The number of hydrogen-bond acceptors (Lipinski definition) is 6. The van der Waals surface area contributed by atoms with Crippen molar-refractivity contribution in [2.75, 3.05) is 13.2 Å². The van der Waals surface area contributed by atoms with E-state index in [2.05, 4.69) is 6.58 Å². The molecule has 0 spiro atoms. The monoisotopic (exact) mass is 490 g/mol. The van der Waals surface area contributed by atoms with Crippen molar-refractivity contribution >= 4 is 0 Å². The molecule has 0 amide bonds. The molecule has 0 bridgehead atoms. The zero-order valence-electron chi connectivity index (χ0n) is 20.4. The molecule has 190 valence electrons. The first-order valence-corrected chi connectivity index (χ1v) is 12.2. The molecule has 0 saturated carbocycles. The first kappa shape index (κ1) is 26.2. The normalized spacial score (nSPS) is 23.9. The standard InChI is InChI=1S/C30H34O6/c1-2-18-33-28-27(34-20-24-14-8-4-9-15-24)26(22-32-19-23-12-6-3-7-13-23)36-30(31)29(28)35-21-25-16-10-5-11-17-25/h2-17,26-31H,1,18-22H2/t26-,27+,28+,29-,30+/m1/s1. The summed E-state index contributed by atoms with van der Waals surface area (Å²) in [7, 11) is 0. The summed E-state index contributed by atoms with van der Waals surface area (Å²) in [6, 6.07) is 29.6. The molecule has 3 aromatic carbocycles. The van der Waals surface area contributed by atoms with Gasteiger partial charge in [-0.05, 0) is 16.7 Å². The zero-order valence-corrected chi connectivity index (χ0v) is 20.4. The van der Waals surface area contributed by atoms with Crippen molar-refractivity contribution in [3.63, 3.8) is 0 Å². The maximum absolute atomic E-state index is 10.9. The average Bonchev–Trinajstić information content (AvgIpc) is 2.92. The van der Waals surface area contributed by atoms with Gasteiger partial charge in [-0.2, -0.15) is 0 Å². The molecular formula is C30H34O6. The Morgan fingerprint density at radius 1 is 0.667 bits per heavy atom. The zero-order chi connectivity index (χ0) is 25.0. The summed E-state index contributed by atoms with van der Waals surface area (Å²) in [5, 5.41) is 10.9. The van der Waals surface area contributed by atoms with Crippen LogP contribution < -0.4 is 0 Å². The Morgan fingerprint density at radius 2 is 1.17 bits per heavy atom. The minimum absolute atomic E-state index is 0.227. The number of benzene rings is 3. The van der Waals surface area contributed by atoms with Crippen molar-refractivity contribution in [1.82, 2.24) is 0 Å². The average molecular weight is 491 g/mol. The summed E-state index contributed by atoms with van der Waals surface area (Å²) in [4.78, 5) is 0. The third-order valence-electron chi connectivity index (χ3n) is 5.98. The summed E-state index contributed by atoms with van der Waals surface area (Å²) >= 11 is 0. The molecule has 1 heterocycles. The number of aliphatic hydroxyl groups is 1. The van der Waals surface area contributed by atoms with E-state index >= 15 is 0 Å². The second-order valence-electron chi connectivity index (χ2n) is 8.67. The molecule has 1 fully saturated rings. The van der Waals surface area contributed by atoms with E-state index in [9.17, 15) is 5.11 Å². The lowest BCUT2D eigenvalue weighted by Crippen LogP contribution is -2.61. The molecule has 6 heteroatoms. The molecule has 3 aromatic rings. The van der Waals surface area contributed by atoms with Gasteiger partial charge in [-0.15, -0.1) is 6.58 Å². The fourth-order valence-corrected chi connectivity index (χ4v) is 4.18. The van der Waals surface area contributed by atoms with E-state index < -0.39 is 30.7 Å². The van der Waals surface area contributed by atoms with Crippen LogP contribution in [0.15, 0.2) is 104 Å². The van der Waals surface area contributed by atoms with Crippen molar-refractivity contribution in [1.29, 1.82) is 0 Å². The highest BCUT2D eigenvalue weighted by molar-refractivity contribution is 5.15. The van der Waals surface area contributed by atoms with Crippen LogP contribution >= 0.6 is 0 Å². The maximum atomic E-state index is 10.9. The van der Waals surface area contributed by atoms with Crippen molar-refractivity contribution in [2.45, 2.75) is 50.5 Å². The molecule has 1 saturated heterocycles. The van der Waals surface area contributed by atoms with Gasteiger partial charge in [-0.25, -0.2) is 0 Å². The summed E-state index contributed by atoms with van der Waals surface area (Å²) in [5.41, 5.74) is 3.07. The van der Waals surface area contributed by atoms with Crippen LogP contribution in [0.25, 0.3) is 0 Å². The quantitative estimate of drug-likeness (QED) is 0.352. The lowest BCUT2D eigenvalue weighted by molar-refractivity contribution is -0.314. The molecule has 0 aromatic heterocycles. The lowest BCUT2D eigenvalue weighted by atomic mass is 9.98. The van der Waals surface area contributed by atoms with Crippen LogP contribution in [0, 0.1) is 0 Å². The molecule has 5 atom stereocenters. The van der Waals surface area contributed by atoms with E-state index in [0.717, 1.165) is 16.7 Å². The van der Waals surface area contributed by atoms with Gasteiger partial charge in [0.1, 0.15) is 24.4 Å². The van der Waals surface area contributed by atoms with Gasteiger partial charge in [0, 0.05) is 0 Å². The van der Waals surface area contributed by atoms with Gasteiger partial charge in [0.15, 0.2) is 6.29 Å². The van der Waals surface area contributed by atoms with E-state index in [1.165, 1.54) is 0 Å². The first-order valence-electron chi connectivity index (χ1n) is 12.2. The fourth-order valence-electron chi connectivity index (χ4n) is 4.18. The lowest BCUT2D eigenvalue weighted by Gasteiger charge is -2.44. The van der Waals surface area contributed by atoms with Crippen LogP contribution in [0.2, 0.25) is 0 Å². The number of ether oxygens (including phenoxy) is 5. The highest BCUT2D eigenvalue weighted by Gasteiger charge is 2.47. The molecule has 1 N–H and O–H groups in total. The van der Waals surface area contributed by atoms with Crippen molar-refractivity contribution in [3.8, 4) is 0 Å². The van der Waals surface area contributed by atoms with Gasteiger partial charge >= 0.3 is 0 Å². The predicted octanol–water partition coefficient (Wildman–Crippen LogP) is 4.66. The van der Waals surface area contributed by atoms with Crippen molar-refractivity contribution in [3.05, 3.63) is 120 Å². The molecule has 6 nitrogen and oxygen atoms in total. The number of hydrogen-bond donors (Lipinski definition) is 1. The Balaban J connectivity index is 1.49. The molecule has 1 aliphatic rings. The minimum Gasteiger partial charge on any atom is -0.374 e. The number of rotatable bonds is 13. The smallest absolute Gasteiger partial charge is 0.184 e. The number of aliphatic hydroxyl groups excluding tert-OH is 1. The van der Waals surface area contributed by atoms with Gasteiger partial charge in [0.05, 0.1) is 33.0 Å². The summed E-state index contributed by atoms with van der Waals surface area (Å²) in [6.45, 7) is 5.38. The Bertz CT molecular complexity index is 1010. The van der Waals surface area contributed by atoms with E-state index in [1.807, 2.05) is 91.0 Å². The molecule has 4 rings (SSSR count). The van der Waals surface area contributed by atoms with Crippen molar-refractivity contribution in [2.24, 2.45) is 0 Å². The van der Waals surface area contributed by atoms with Crippen LogP contribution in [-0.2, 0) is 43.5 Å². The van der Waals surface area contributed by atoms with Crippen LogP contribution in [0.3, 0.4) is 0 Å². The topological polar surface area (TPSA) is 66.4 Å². The van der Waals surface area contributed by atoms with Crippen LogP contribution in [0.1, 0.15) is 16.7 Å². The molecular weight excluding hydrogens is 456 g/mol. The Labute approximate surface area is 213 Å². The van der Waals surface area contributed by atoms with E-state index in [-0.39, 0.29) is 13.2 Å². The largest absolute Gasteiger partial charge is 0.374 e. The highest BCUT2D eigenvalue weighted by atomic mass is 16.7. The summed E-state index contributed by atoms with van der Waals surface area (Å²) < 4.78 is 30.6. The third kappa shape index (κ3) is 7.58. The van der Waals surface area contributed by atoms with Gasteiger partial charge in [0.2, 0.25) is 0 Å². The predicted molar refractivity (Wildman–Crippen MR) is 137 cm³/mol. The Morgan fingerprint density at radius 3 is 1.69 bits per heavy atom. The second-order valence-corrected chi connectivity index (χ2v) is 8.67. The van der Waals surface area contributed by atoms with E-state index in [1.54, 1.807) is 6.08 Å². The van der Waals surface area contributed by atoms with Gasteiger partial charge in [-0.1, -0.05) is 97.1 Å². The minimum atomic E-state index is -1.20. The van der Waals surface area contributed by atoms with E-state index in [4.69, 9.17) is 23.7 Å². The Kier molecular flexibility index (Phi) is 10.2. The second kappa shape index (κ2) is 14.0. The summed E-state index contributed by atoms with van der Waals surface area (Å²) in [5.74, 6) is 0. The molecule has 0 radical (unpaired) electrons. The SMILES string of the molecule is C=CCO[C@@H]1[C@@H](OCc2ccccc2)[C@@H](O)O[C@H](COCc2ccccc2)[C@@H]1OCc1ccccc1. The van der Waals surface area contributed by atoms with Gasteiger partial charge in [0.25, 0.3) is 0 Å². The maximum Gasteiger partial charge on any atom is 0.184 e. The third-order valence-corrected chi connectivity index (χ3v) is 5.98. The molecule has 1 aliphatic heterocycles. The first-order chi connectivity index (χ1) is 17.7. The van der Waals surface area contributed by atoms with Crippen LogP contribution in [-0.4, -0.2) is 49.0 Å². The van der Waals surface area contributed by atoms with Crippen LogP contribution in [0.4, 0.5) is 0 Å². The summed E-state index contributed by atoms with van der Waals surface area (Å²) in [6.07, 6.45) is -1.97.